The Bertz CT molecular complexity index is 550. The second-order valence-corrected chi connectivity index (χ2v) is 8.99. The lowest BCUT2D eigenvalue weighted by molar-refractivity contribution is -0.857. The number of amides is 1. The van der Waals surface area contributed by atoms with Gasteiger partial charge in [0.2, 0.25) is 0 Å². The van der Waals surface area contributed by atoms with E-state index < -0.39 is 29.1 Å². The van der Waals surface area contributed by atoms with Crippen LogP contribution in [-0.2, 0) is 14.4 Å². The average molecular weight is 367 g/mol. The average Bonchev–Trinajstić information content (AvgIpc) is 3.02. The zero-order valence-corrected chi connectivity index (χ0v) is 16.9. The van der Waals surface area contributed by atoms with Gasteiger partial charge in [0.1, 0.15) is 0 Å². The predicted octanol–water partition coefficient (Wildman–Crippen LogP) is 3.80. The molecule has 3 atom stereocenters. The molecule has 1 amide bonds. The minimum atomic E-state index is -0.901. The molecule has 2 rings (SSSR count). The summed E-state index contributed by atoms with van der Waals surface area (Å²) in [5, 5.41) is 10.1. The fraction of sp³-hybridized carbons (Fsp3) is 0.857. The van der Waals surface area contributed by atoms with Crippen molar-refractivity contribution < 1.29 is 24.0 Å². The van der Waals surface area contributed by atoms with Gasteiger partial charge in [-0.3, -0.25) is 4.79 Å². The number of carboxylic acid groups (broad SMARTS) is 1. The van der Waals surface area contributed by atoms with Crippen LogP contribution in [0.25, 0.3) is 0 Å². The largest absolute Gasteiger partial charge is 0.477 e. The topological polar surface area (TPSA) is 71.4 Å². The Labute approximate surface area is 157 Å². The van der Waals surface area contributed by atoms with Crippen LogP contribution in [0.4, 0.5) is 0 Å². The zero-order chi connectivity index (χ0) is 19.5. The molecule has 1 saturated carbocycles. The summed E-state index contributed by atoms with van der Waals surface area (Å²) in [6, 6.07) is -0.762. The highest BCUT2D eigenvalue weighted by atomic mass is 16.4. The molecule has 26 heavy (non-hydrogen) atoms. The van der Waals surface area contributed by atoms with Crippen molar-refractivity contribution in [1.82, 2.24) is 0 Å². The molecule has 0 aromatic rings. The van der Waals surface area contributed by atoms with Crippen LogP contribution < -0.4 is 0 Å². The maximum absolute atomic E-state index is 13.4. The van der Waals surface area contributed by atoms with E-state index in [1.807, 2.05) is 13.8 Å². The smallest absolute Gasteiger partial charge is 0.383 e. The van der Waals surface area contributed by atoms with Gasteiger partial charge in [0, 0.05) is 17.8 Å². The number of carbonyl (C=O) groups is 3. The minimum Gasteiger partial charge on any atom is -0.477 e. The van der Waals surface area contributed by atoms with Crippen LogP contribution >= 0.6 is 0 Å². The van der Waals surface area contributed by atoms with Crippen LogP contribution in [0.2, 0.25) is 0 Å². The molecule has 1 N–H and O–H groups in total. The Balaban J connectivity index is 2.40. The van der Waals surface area contributed by atoms with Crippen LogP contribution in [0, 0.1) is 17.3 Å². The Kier molecular flexibility index (Phi) is 6.65. The third kappa shape index (κ3) is 3.73. The van der Waals surface area contributed by atoms with Crippen LogP contribution in [0.3, 0.4) is 0 Å². The molecular formula is C21H36NO4+. The van der Waals surface area contributed by atoms with Crippen LogP contribution in [-0.4, -0.2) is 46.4 Å². The number of rotatable bonds is 7. The van der Waals surface area contributed by atoms with Gasteiger partial charge in [-0.1, -0.05) is 47.0 Å². The third-order valence-corrected chi connectivity index (χ3v) is 7.03. The molecule has 5 heteroatoms. The van der Waals surface area contributed by atoms with Gasteiger partial charge in [-0.2, -0.15) is 0 Å². The number of hydrogen-bond donors (Lipinski definition) is 1. The molecule has 0 aromatic carbocycles. The summed E-state index contributed by atoms with van der Waals surface area (Å²) < 4.78 is -0.157. The maximum Gasteiger partial charge on any atom is 0.383 e. The van der Waals surface area contributed by atoms with E-state index >= 15 is 0 Å². The summed E-state index contributed by atoms with van der Waals surface area (Å²) >= 11 is 0. The van der Waals surface area contributed by atoms with Crippen molar-refractivity contribution in [3.8, 4) is 0 Å². The van der Waals surface area contributed by atoms with Gasteiger partial charge in [0.15, 0.2) is 6.04 Å². The highest BCUT2D eigenvalue weighted by Gasteiger charge is 2.60. The monoisotopic (exact) mass is 366 g/mol. The summed E-state index contributed by atoms with van der Waals surface area (Å²) in [4.78, 5) is 38.6. The van der Waals surface area contributed by atoms with E-state index in [-0.39, 0.29) is 10.4 Å². The first-order valence-corrected chi connectivity index (χ1v) is 10.4. The van der Waals surface area contributed by atoms with Gasteiger partial charge < -0.3 is 5.11 Å². The molecule has 148 valence electrons. The molecule has 1 aliphatic heterocycles. The molecule has 1 heterocycles. The van der Waals surface area contributed by atoms with E-state index in [1.165, 1.54) is 6.42 Å². The van der Waals surface area contributed by atoms with E-state index in [2.05, 4.69) is 0 Å². The first-order chi connectivity index (χ1) is 12.2. The van der Waals surface area contributed by atoms with Gasteiger partial charge in [-0.05, 0) is 31.6 Å². The highest BCUT2D eigenvalue weighted by molar-refractivity contribution is 6.35. The Morgan fingerprint density at radius 3 is 2.15 bits per heavy atom. The maximum atomic E-state index is 13.4. The van der Waals surface area contributed by atoms with Crippen molar-refractivity contribution >= 4 is 17.7 Å². The van der Waals surface area contributed by atoms with E-state index in [4.69, 9.17) is 0 Å². The lowest BCUT2D eigenvalue weighted by Crippen LogP contribution is -2.64. The summed E-state index contributed by atoms with van der Waals surface area (Å²) in [6.07, 6.45) is 7.66. The van der Waals surface area contributed by atoms with Crippen molar-refractivity contribution in [2.24, 2.45) is 17.3 Å². The van der Waals surface area contributed by atoms with Crippen molar-refractivity contribution in [3.05, 3.63) is 0 Å². The van der Waals surface area contributed by atoms with E-state index in [0.29, 0.717) is 31.8 Å². The van der Waals surface area contributed by atoms with Gasteiger partial charge >= 0.3 is 11.9 Å². The molecule has 1 aliphatic carbocycles. The minimum absolute atomic E-state index is 0.0147. The number of carbonyl (C=O) groups excluding carboxylic acids is 2. The van der Waals surface area contributed by atoms with Crippen LogP contribution in [0.1, 0.15) is 79.1 Å². The van der Waals surface area contributed by atoms with Gasteiger partial charge in [-0.15, -0.1) is 0 Å². The van der Waals surface area contributed by atoms with E-state index in [0.717, 1.165) is 32.1 Å². The molecule has 2 unspecified atom stereocenters. The predicted molar refractivity (Wildman–Crippen MR) is 100 cm³/mol. The van der Waals surface area contributed by atoms with E-state index in [1.54, 1.807) is 13.8 Å². The fourth-order valence-corrected chi connectivity index (χ4v) is 5.12. The second kappa shape index (κ2) is 8.20. The molecule has 0 spiro atoms. The normalized spacial score (nSPS) is 30.3. The standard InChI is InChI=1S/C21H35NO4/c1-5-13-22(19(24)18(23)21(3,4)6-2)14-12-16(17(22)20(25)26)15-10-8-7-9-11-15/h15-17H,5-14H2,1-4H3/p+1/t16?,17-,22?/m0/s1. The van der Waals surface area contributed by atoms with Crippen molar-refractivity contribution in [2.75, 3.05) is 13.1 Å². The van der Waals surface area contributed by atoms with Crippen molar-refractivity contribution in [3.63, 3.8) is 0 Å². The molecule has 1 saturated heterocycles. The molecular weight excluding hydrogens is 330 g/mol. The van der Waals surface area contributed by atoms with Crippen LogP contribution in [0.5, 0.6) is 0 Å². The summed E-state index contributed by atoms with van der Waals surface area (Å²) in [5.41, 5.74) is -0.734. The molecule has 0 bridgehead atoms. The number of nitrogens with zero attached hydrogens (tertiary/aromatic N) is 1. The number of Topliss-reactive ketones (excluding diaryl/α,β-unsaturated/α-hetero) is 1. The quantitative estimate of drug-likeness (QED) is 0.549. The number of aliphatic carboxylic acids is 1. The van der Waals surface area contributed by atoms with Gasteiger partial charge in [0.25, 0.3) is 5.78 Å². The van der Waals surface area contributed by atoms with Crippen LogP contribution in [0.15, 0.2) is 0 Å². The number of quaternary nitrogens is 1. The molecule has 2 aliphatic rings. The number of carboxylic acids is 1. The van der Waals surface area contributed by atoms with Crippen molar-refractivity contribution in [1.29, 1.82) is 0 Å². The number of ketones is 1. The first-order valence-electron chi connectivity index (χ1n) is 10.4. The number of likely N-dealkylation sites (tertiary alicyclic amines) is 1. The van der Waals surface area contributed by atoms with E-state index in [9.17, 15) is 19.5 Å². The molecule has 0 aromatic heterocycles. The Morgan fingerprint density at radius 2 is 1.65 bits per heavy atom. The highest BCUT2D eigenvalue weighted by Crippen LogP contribution is 2.43. The Hall–Kier alpha value is -1.23. The third-order valence-electron chi connectivity index (χ3n) is 7.03. The Morgan fingerprint density at radius 1 is 1.04 bits per heavy atom. The van der Waals surface area contributed by atoms with Gasteiger partial charge in [0.05, 0.1) is 13.1 Å². The zero-order valence-electron chi connectivity index (χ0n) is 16.9. The fourth-order valence-electron chi connectivity index (χ4n) is 5.12. The molecule has 5 nitrogen and oxygen atoms in total. The molecule has 2 fully saturated rings. The lowest BCUT2D eigenvalue weighted by Gasteiger charge is -2.39. The number of hydrogen-bond acceptors (Lipinski definition) is 3. The molecule has 0 radical (unpaired) electrons. The summed E-state index contributed by atoms with van der Waals surface area (Å²) in [6.45, 7) is 8.40. The summed E-state index contributed by atoms with van der Waals surface area (Å²) in [7, 11) is 0. The first kappa shape index (κ1) is 21.1. The SMILES string of the molecule is CCC[N+]1(C(=O)C(=O)C(C)(C)CC)CCC(C2CCCCC2)[C@H]1C(=O)O. The van der Waals surface area contributed by atoms with Gasteiger partial charge in [-0.25, -0.2) is 14.1 Å². The van der Waals surface area contributed by atoms with Crippen molar-refractivity contribution in [2.45, 2.75) is 85.1 Å². The lowest BCUT2D eigenvalue weighted by atomic mass is 9.76. The summed E-state index contributed by atoms with van der Waals surface area (Å²) in [5.74, 6) is -1.37. The second-order valence-electron chi connectivity index (χ2n) is 8.99.